The molecule has 0 bridgehead atoms. The first-order valence-corrected chi connectivity index (χ1v) is 9.63. The molecule has 2 heteroatoms. The van der Waals surface area contributed by atoms with Crippen LogP contribution in [0.3, 0.4) is 0 Å². The number of Topliss-reactive ketones (excluding diaryl/α,β-unsaturated/α-hetero) is 1. The predicted octanol–water partition coefficient (Wildman–Crippen LogP) is 6.45. The highest BCUT2D eigenvalue weighted by molar-refractivity contribution is 8.03. The van der Waals surface area contributed by atoms with E-state index in [1.54, 1.807) is 18.7 Å². The van der Waals surface area contributed by atoms with Crippen LogP contribution < -0.4 is 0 Å². The number of ketones is 1. The lowest BCUT2D eigenvalue weighted by molar-refractivity contribution is -0.116. The molecular formula is C24H22OS. The Balaban J connectivity index is 1.96. The molecule has 3 aromatic rings. The van der Waals surface area contributed by atoms with Crippen LogP contribution >= 0.6 is 11.8 Å². The van der Waals surface area contributed by atoms with Gasteiger partial charge in [-0.05, 0) is 41.5 Å². The van der Waals surface area contributed by atoms with E-state index in [1.807, 2.05) is 48.5 Å². The average Bonchev–Trinajstić information content (AvgIpc) is 2.67. The summed E-state index contributed by atoms with van der Waals surface area (Å²) in [5, 5.41) is 1.93. The first-order chi connectivity index (χ1) is 12.6. The van der Waals surface area contributed by atoms with Crippen molar-refractivity contribution < 1.29 is 4.79 Å². The maximum absolute atomic E-state index is 12.3. The van der Waals surface area contributed by atoms with Gasteiger partial charge in [0, 0.05) is 0 Å². The molecule has 3 aromatic carbocycles. The summed E-state index contributed by atoms with van der Waals surface area (Å²) in [6, 6.07) is 28.8. The number of hydrogen-bond donors (Lipinski definition) is 0. The third-order valence-corrected chi connectivity index (χ3v) is 5.49. The first-order valence-electron chi connectivity index (χ1n) is 8.68. The molecule has 1 nitrogen and oxygen atoms in total. The molecule has 0 heterocycles. The molecule has 0 N–H and O–H groups in total. The molecular weight excluding hydrogens is 336 g/mol. The Morgan fingerprint density at radius 2 is 1.31 bits per heavy atom. The van der Waals surface area contributed by atoms with Crippen LogP contribution in [0.4, 0.5) is 0 Å². The van der Waals surface area contributed by atoms with Gasteiger partial charge in [-0.3, -0.25) is 4.79 Å². The molecule has 0 aliphatic carbocycles. The number of hydrogen-bond acceptors (Lipinski definition) is 2. The zero-order valence-corrected chi connectivity index (χ0v) is 15.9. The van der Waals surface area contributed by atoms with Gasteiger partial charge in [0.1, 0.15) is 5.78 Å². The van der Waals surface area contributed by atoms with Crippen molar-refractivity contribution in [2.45, 2.75) is 19.1 Å². The van der Waals surface area contributed by atoms with Crippen LogP contribution in [0.1, 0.15) is 34.4 Å². The summed E-state index contributed by atoms with van der Waals surface area (Å²) in [5.74, 6) is 0.163. The number of carbonyl (C=O) groups excluding carboxylic acids is 1. The van der Waals surface area contributed by atoms with Crippen molar-refractivity contribution in [1.29, 1.82) is 0 Å². The Morgan fingerprint density at radius 1 is 0.808 bits per heavy atom. The zero-order chi connectivity index (χ0) is 18.4. The molecule has 0 aliphatic heterocycles. The van der Waals surface area contributed by atoms with Crippen LogP contribution in [0.15, 0.2) is 90.3 Å². The molecule has 0 spiro atoms. The fourth-order valence-corrected chi connectivity index (χ4v) is 3.87. The van der Waals surface area contributed by atoms with Crippen molar-refractivity contribution in [3.8, 4) is 0 Å². The highest BCUT2D eigenvalue weighted by atomic mass is 32.2. The van der Waals surface area contributed by atoms with Crippen LogP contribution in [-0.2, 0) is 4.79 Å². The number of carbonyl (C=O) groups is 1. The van der Waals surface area contributed by atoms with Gasteiger partial charge in [0.2, 0.25) is 0 Å². The number of rotatable bonds is 6. The van der Waals surface area contributed by atoms with Crippen LogP contribution in [0.5, 0.6) is 0 Å². The summed E-state index contributed by atoms with van der Waals surface area (Å²) >= 11 is 1.57. The van der Waals surface area contributed by atoms with Crippen LogP contribution in [-0.4, -0.2) is 5.78 Å². The van der Waals surface area contributed by atoms with Crippen molar-refractivity contribution >= 4 is 23.1 Å². The van der Waals surface area contributed by atoms with E-state index < -0.39 is 0 Å². The van der Waals surface area contributed by atoms with Crippen molar-refractivity contribution in [1.82, 2.24) is 0 Å². The molecule has 1 unspecified atom stereocenters. The smallest absolute Gasteiger partial charge is 0.147 e. The Kier molecular flexibility index (Phi) is 6.08. The summed E-state index contributed by atoms with van der Waals surface area (Å²) in [5.41, 5.74) is 5.68. The topological polar surface area (TPSA) is 17.1 Å². The van der Waals surface area contributed by atoms with Crippen molar-refractivity contribution in [3.63, 3.8) is 0 Å². The number of benzene rings is 3. The van der Waals surface area contributed by atoms with Crippen LogP contribution in [0.2, 0.25) is 0 Å². The molecule has 0 saturated carbocycles. The number of aryl methyl sites for hydroxylation is 1. The zero-order valence-electron chi connectivity index (χ0n) is 15.1. The highest BCUT2D eigenvalue weighted by Gasteiger charge is 2.17. The maximum atomic E-state index is 12.3. The quantitative estimate of drug-likeness (QED) is 0.504. The minimum absolute atomic E-state index is 0.163. The monoisotopic (exact) mass is 358 g/mol. The van der Waals surface area contributed by atoms with Crippen molar-refractivity contribution in [3.05, 3.63) is 113 Å². The molecule has 0 aliphatic rings. The van der Waals surface area contributed by atoms with Crippen LogP contribution in [0, 0.1) is 6.92 Å². The SMILES string of the molecule is CC(=O)C(SC=C(c1ccccc1)c1ccccc1)c1ccc(C)cc1. The minimum Gasteiger partial charge on any atom is -0.298 e. The van der Waals surface area contributed by atoms with Gasteiger partial charge < -0.3 is 0 Å². The second-order valence-corrected chi connectivity index (χ2v) is 7.28. The molecule has 26 heavy (non-hydrogen) atoms. The van der Waals surface area contributed by atoms with E-state index in [0.717, 1.165) is 22.3 Å². The van der Waals surface area contributed by atoms with E-state index in [1.165, 1.54) is 5.56 Å². The highest BCUT2D eigenvalue weighted by Crippen LogP contribution is 2.35. The Morgan fingerprint density at radius 3 is 1.77 bits per heavy atom. The van der Waals surface area contributed by atoms with E-state index in [2.05, 4.69) is 48.7 Å². The van der Waals surface area contributed by atoms with Gasteiger partial charge in [0.15, 0.2) is 0 Å². The molecule has 0 fully saturated rings. The fraction of sp³-hybridized carbons (Fsp3) is 0.125. The predicted molar refractivity (Wildman–Crippen MR) is 112 cm³/mol. The molecule has 130 valence electrons. The van der Waals surface area contributed by atoms with E-state index in [4.69, 9.17) is 0 Å². The molecule has 0 radical (unpaired) electrons. The molecule has 1 atom stereocenters. The van der Waals surface area contributed by atoms with Crippen LogP contribution in [0.25, 0.3) is 5.57 Å². The van der Waals surface area contributed by atoms with E-state index in [9.17, 15) is 4.79 Å². The first kappa shape index (κ1) is 18.2. The molecule has 3 rings (SSSR count). The lowest BCUT2D eigenvalue weighted by Crippen LogP contribution is -2.04. The standard InChI is InChI=1S/C24H22OS/c1-18-13-15-22(16-14-18)24(19(2)25)26-17-23(20-9-5-3-6-10-20)21-11-7-4-8-12-21/h3-17,24H,1-2H3. The van der Waals surface area contributed by atoms with Gasteiger partial charge in [-0.25, -0.2) is 0 Å². The van der Waals surface area contributed by atoms with Gasteiger partial charge in [-0.15, -0.1) is 11.8 Å². The summed E-state index contributed by atoms with van der Waals surface area (Å²) in [6.07, 6.45) is 0. The third-order valence-electron chi connectivity index (χ3n) is 4.24. The summed E-state index contributed by atoms with van der Waals surface area (Å²) < 4.78 is 0. The third kappa shape index (κ3) is 4.53. The summed E-state index contributed by atoms with van der Waals surface area (Å²) in [7, 11) is 0. The minimum atomic E-state index is -0.196. The van der Waals surface area contributed by atoms with E-state index in [-0.39, 0.29) is 11.0 Å². The van der Waals surface area contributed by atoms with Crippen molar-refractivity contribution in [2.24, 2.45) is 0 Å². The summed E-state index contributed by atoms with van der Waals surface area (Å²) in [6.45, 7) is 3.72. The average molecular weight is 359 g/mol. The molecule has 0 amide bonds. The van der Waals surface area contributed by atoms with E-state index >= 15 is 0 Å². The van der Waals surface area contributed by atoms with Gasteiger partial charge in [0.05, 0.1) is 5.25 Å². The lowest BCUT2D eigenvalue weighted by Gasteiger charge is -2.14. The van der Waals surface area contributed by atoms with Gasteiger partial charge in [-0.1, -0.05) is 90.5 Å². The van der Waals surface area contributed by atoms with Gasteiger partial charge >= 0.3 is 0 Å². The van der Waals surface area contributed by atoms with Crippen molar-refractivity contribution in [2.75, 3.05) is 0 Å². The largest absolute Gasteiger partial charge is 0.298 e. The van der Waals surface area contributed by atoms with E-state index in [0.29, 0.717) is 0 Å². The molecule has 0 aromatic heterocycles. The van der Waals surface area contributed by atoms with Gasteiger partial charge in [0.25, 0.3) is 0 Å². The number of thioether (sulfide) groups is 1. The Hall–Kier alpha value is -2.58. The normalized spacial score (nSPS) is 11.6. The Bertz CT molecular complexity index is 839. The second kappa shape index (κ2) is 8.68. The van der Waals surface area contributed by atoms with Gasteiger partial charge in [-0.2, -0.15) is 0 Å². The second-order valence-electron chi connectivity index (χ2n) is 6.30. The lowest BCUT2D eigenvalue weighted by atomic mass is 10.00. The fourth-order valence-electron chi connectivity index (χ4n) is 2.82. The Labute approximate surface area is 159 Å². The summed E-state index contributed by atoms with van der Waals surface area (Å²) in [4.78, 5) is 12.3. The maximum Gasteiger partial charge on any atom is 0.147 e. The molecule has 0 saturated heterocycles.